The molecule has 0 radical (unpaired) electrons. The number of anilines is 1. The monoisotopic (exact) mass is 628 g/mol. The molecule has 4 N–H and O–H groups in total. The number of nitrogens with one attached hydrogen (secondary N) is 4. The highest BCUT2D eigenvalue weighted by molar-refractivity contribution is 5.98. The van der Waals surface area contributed by atoms with Crippen molar-refractivity contribution in [3.05, 3.63) is 144 Å². The molecule has 8 heteroatoms. The van der Waals surface area contributed by atoms with E-state index in [2.05, 4.69) is 39.6 Å². The van der Waals surface area contributed by atoms with Crippen molar-refractivity contribution in [3.8, 4) is 0 Å². The van der Waals surface area contributed by atoms with Crippen LogP contribution in [-0.4, -0.2) is 49.4 Å². The van der Waals surface area contributed by atoms with Gasteiger partial charge in [0, 0.05) is 40.3 Å². The number of methoxy groups -OCH3 is 1. The molecule has 240 valence electrons. The molecule has 4 aromatic carbocycles. The number of amides is 2. The first-order valence-corrected chi connectivity index (χ1v) is 16.0. The Hall–Kier alpha value is -5.18. The number of rotatable bonds is 11. The zero-order valence-corrected chi connectivity index (χ0v) is 26.4. The van der Waals surface area contributed by atoms with Gasteiger partial charge in [-0.25, -0.2) is 4.79 Å². The molecule has 0 unspecified atom stereocenters. The van der Waals surface area contributed by atoms with Crippen molar-refractivity contribution in [2.45, 2.75) is 36.9 Å². The van der Waals surface area contributed by atoms with Crippen LogP contribution in [0.2, 0.25) is 0 Å². The number of aromatic nitrogens is 1. The topological polar surface area (TPSA) is 104 Å². The van der Waals surface area contributed by atoms with E-state index >= 15 is 0 Å². The van der Waals surface area contributed by atoms with E-state index in [1.165, 1.54) is 7.11 Å². The lowest BCUT2D eigenvalue weighted by atomic mass is 9.84. The number of aromatic amines is 1. The van der Waals surface area contributed by atoms with Gasteiger partial charge in [-0.2, -0.15) is 0 Å². The minimum Gasteiger partial charge on any atom is -0.453 e. The van der Waals surface area contributed by atoms with Gasteiger partial charge in [-0.1, -0.05) is 110 Å². The molecular formula is C39H40N4O4. The number of morpholine rings is 1. The molecule has 0 saturated carbocycles. The van der Waals surface area contributed by atoms with E-state index in [-0.39, 0.29) is 18.1 Å². The highest BCUT2D eigenvalue weighted by atomic mass is 16.5. The number of carbonyl (C=O) groups excluding carboxylic acids is 2. The molecule has 3 atom stereocenters. The second-order valence-corrected chi connectivity index (χ2v) is 11.7. The van der Waals surface area contributed by atoms with E-state index in [1.807, 2.05) is 103 Å². The average molecular weight is 629 g/mol. The van der Waals surface area contributed by atoms with Gasteiger partial charge >= 0.3 is 6.09 Å². The Morgan fingerprint density at radius 1 is 0.936 bits per heavy atom. The van der Waals surface area contributed by atoms with Gasteiger partial charge in [0.2, 0.25) is 5.91 Å². The lowest BCUT2D eigenvalue weighted by Gasteiger charge is -2.31. The molecule has 8 nitrogen and oxygen atoms in total. The van der Waals surface area contributed by atoms with Crippen LogP contribution in [0.25, 0.3) is 17.0 Å². The second kappa shape index (κ2) is 14.9. The van der Waals surface area contributed by atoms with Crippen molar-refractivity contribution < 1.29 is 19.1 Å². The van der Waals surface area contributed by atoms with Crippen LogP contribution in [0.15, 0.2) is 116 Å². The van der Waals surface area contributed by atoms with Gasteiger partial charge < -0.3 is 30.4 Å². The SMILES string of the molecule is C=Cc1c([C@@H]2CO[C@H](CCc3ccccc3NC(=O)[C@@H](NC(=O)OC)C(c3ccccc3)c3ccccc3)CN2)[nH]c2ccccc12. The first-order valence-electron chi connectivity index (χ1n) is 16.0. The lowest BCUT2D eigenvalue weighted by molar-refractivity contribution is -0.118. The van der Waals surface area contributed by atoms with E-state index in [4.69, 9.17) is 9.47 Å². The quantitative estimate of drug-likeness (QED) is 0.127. The van der Waals surface area contributed by atoms with Crippen LogP contribution in [0.1, 0.15) is 46.3 Å². The predicted octanol–water partition coefficient (Wildman–Crippen LogP) is 6.97. The first kappa shape index (κ1) is 31.8. The molecule has 2 heterocycles. The number of H-pyrrole nitrogens is 1. The second-order valence-electron chi connectivity index (χ2n) is 11.7. The molecule has 1 aliphatic rings. The van der Waals surface area contributed by atoms with Crippen molar-refractivity contribution in [1.82, 2.24) is 15.6 Å². The molecule has 47 heavy (non-hydrogen) atoms. The normalized spacial score (nSPS) is 16.8. The Labute approximate surface area is 275 Å². The van der Waals surface area contributed by atoms with Crippen molar-refractivity contribution in [2.24, 2.45) is 0 Å². The number of hydrogen-bond acceptors (Lipinski definition) is 5. The van der Waals surface area contributed by atoms with Crippen LogP contribution in [0.5, 0.6) is 0 Å². The highest BCUT2D eigenvalue weighted by Gasteiger charge is 2.33. The largest absolute Gasteiger partial charge is 0.453 e. The van der Waals surface area contributed by atoms with Gasteiger partial charge in [0.25, 0.3) is 0 Å². The Balaban J connectivity index is 1.15. The highest BCUT2D eigenvalue weighted by Crippen LogP contribution is 2.31. The van der Waals surface area contributed by atoms with Crippen molar-refractivity contribution in [3.63, 3.8) is 0 Å². The molecule has 1 aliphatic heterocycles. The number of hydrogen-bond donors (Lipinski definition) is 4. The summed E-state index contributed by atoms with van der Waals surface area (Å²) in [6.45, 7) is 5.28. The van der Waals surface area contributed by atoms with Gasteiger partial charge in [0.05, 0.1) is 25.9 Å². The van der Waals surface area contributed by atoms with E-state index in [0.29, 0.717) is 25.3 Å². The summed E-state index contributed by atoms with van der Waals surface area (Å²) in [7, 11) is 1.29. The van der Waals surface area contributed by atoms with Crippen molar-refractivity contribution >= 4 is 34.7 Å². The van der Waals surface area contributed by atoms with Gasteiger partial charge in [0.1, 0.15) is 6.04 Å². The lowest BCUT2D eigenvalue weighted by Crippen LogP contribution is -2.48. The minimum absolute atomic E-state index is 0.0147. The van der Waals surface area contributed by atoms with E-state index in [0.717, 1.165) is 45.3 Å². The molecule has 5 aromatic rings. The fourth-order valence-electron chi connectivity index (χ4n) is 6.45. The third-order valence-electron chi connectivity index (χ3n) is 8.82. The molecule has 1 fully saturated rings. The number of fused-ring (bicyclic) bond motifs is 1. The van der Waals surface area contributed by atoms with E-state index in [9.17, 15) is 9.59 Å². The summed E-state index contributed by atoms with van der Waals surface area (Å²) in [5.74, 6) is -0.785. The maximum absolute atomic E-state index is 14.1. The number of aryl methyl sites for hydroxylation is 1. The first-order chi connectivity index (χ1) is 23.1. The number of ether oxygens (including phenoxy) is 2. The zero-order valence-electron chi connectivity index (χ0n) is 26.4. The van der Waals surface area contributed by atoms with Gasteiger partial charge in [0.15, 0.2) is 0 Å². The fourth-order valence-corrected chi connectivity index (χ4v) is 6.45. The Morgan fingerprint density at radius 2 is 1.60 bits per heavy atom. The number of carbonyl (C=O) groups is 2. The minimum atomic E-state index is -0.937. The van der Waals surface area contributed by atoms with Gasteiger partial charge in [-0.15, -0.1) is 0 Å². The molecule has 2 amide bonds. The fraction of sp³-hybridized carbons (Fsp3) is 0.231. The van der Waals surface area contributed by atoms with Crippen LogP contribution in [0.4, 0.5) is 10.5 Å². The van der Waals surface area contributed by atoms with Crippen LogP contribution >= 0.6 is 0 Å². The number of alkyl carbamates (subject to hydrolysis) is 1. The Bertz CT molecular complexity index is 1770. The Morgan fingerprint density at radius 3 is 2.26 bits per heavy atom. The molecule has 0 aliphatic carbocycles. The standard InChI is InChI=1S/C39H40N4O4/c1-3-30-31-19-11-13-21-33(31)41-36(30)34-25-47-29(24-40-34)23-22-26-14-10-12-20-32(26)42-38(44)37(43-39(45)46-2)35(27-15-6-4-7-16-27)28-17-8-5-9-18-28/h3-21,29,34-35,37,40-41H,1,22-25H2,2H3,(H,42,44)(H,43,45)/t29-,34+,37+/m1/s1. The molecule has 6 rings (SSSR count). The summed E-state index contributed by atoms with van der Waals surface area (Å²) in [6, 6.07) is 34.5. The van der Waals surface area contributed by atoms with Crippen LogP contribution < -0.4 is 16.0 Å². The Kier molecular flexibility index (Phi) is 10.1. The molecule has 1 aromatic heterocycles. The van der Waals surface area contributed by atoms with Crippen molar-refractivity contribution in [2.75, 3.05) is 25.6 Å². The molecular weight excluding hydrogens is 588 g/mol. The summed E-state index contributed by atoms with van der Waals surface area (Å²) in [5, 5.41) is 10.7. The van der Waals surface area contributed by atoms with Gasteiger partial charge in [-0.3, -0.25) is 4.79 Å². The van der Waals surface area contributed by atoms with Gasteiger partial charge in [-0.05, 0) is 41.7 Å². The summed E-state index contributed by atoms with van der Waals surface area (Å²) >= 11 is 0. The maximum Gasteiger partial charge on any atom is 0.407 e. The number of para-hydroxylation sites is 2. The summed E-state index contributed by atoms with van der Waals surface area (Å²) < 4.78 is 11.3. The predicted molar refractivity (Wildman–Crippen MR) is 186 cm³/mol. The average Bonchev–Trinajstić information content (AvgIpc) is 3.51. The zero-order chi connectivity index (χ0) is 32.6. The summed E-state index contributed by atoms with van der Waals surface area (Å²) in [5.41, 5.74) is 6.77. The van der Waals surface area contributed by atoms with E-state index < -0.39 is 18.1 Å². The third kappa shape index (κ3) is 7.30. The van der Waals surface area contributed by atoms with Crippen LogP contribution in [-0.2, 0) is 20.7 Å². The molecule has 0 bridgehead atoms. The smallest absolute Gasteiger partial charge is 0.407 e. The van der Waals surface area contributed by atoms with Crippen molar-refractivity contribution in [1.29, 1.82) is 0 Å². The van der Waals surface area contributed by atoms with E-state index in [1.54, 1.807) is 0 Å². The third-order valence-corrected chi connectivity index (χ3v) is 8.82. The van der Waals surface area contributed by atoms with Crippen LogP contribution in [0, 0.1) is 0 Å². The summed E-state index contributed by atoms with van der Waals surface area (Å²) in [4.78, 5) is 30.2. The number of benzene rings is 4. The van der Waals surface area contributed by atoms with Crippen LogP contribution in [0.3, 0.4) is 0 Å². The maximum atomic E-state index is 14.1. The summed E-state index contributed by atoms with van der Waals surface area (Å²) in [6.07, 6.45) is 2.71. The molecule has 1 saturated heterocycles. The molecule has 0 spiro atoms.